The van der Waals surface area contributed by atoms with Crippen LogP contribution >= 0.6 is 0 Å². The summed E-state index contributed by atoms with van der Waals surface area (Å²) in [4.78, 5) is 12.6. The first-order valence-corrected chi connectivity index (χ1v) is 10.3. The Labute approximate surface area is 155 Å². The highest BCUT2D eigenvalue weighted by Crippen LogP contribution is 2.33. The molecule has 0 spiro atoms. The van der Waals surface area contributed by atoms with Crippen molar-refractivity contribution in [1.29, 1.82) is 0 Å². The molecule has 0 aromatic heterocycles. The molecule has 0 radical (unpaired) electrons. The van der Waals surface area contributed by atoms with Crippen LogP contribution in [0.15, 0.2) is 53.4 Å². The molecule has 1 aliphatic rings. The summed E-state index contributed by atoms with van der Waals surface area (Å²) < 4.78 is 27.3. The largest absolute Gasteiger partial charge is 0.352 e. The molecule has 26 heavy (non-hydrogen) atoms. The molecule has 0 bridgehead atoms. The van der Waals surface area contributed by atoms with Crippen molar-refractivity contribution in [3.63, 3.8) is 0 Å². The van der Waals surface area contributed by atoms with E-state index >= 15 is 0 Å². The Bertz CT molecular complexity index is 893. The molecule has 0 aliphatic carbocycles. The fraction of sp³-hybridized carbons (Fsp3) is 0.350. The van der Waals surface area contributed by atoms with E-state index < -0.39 is 10.0 Å². The van der Waals surface area contributed by atoms with Crippen LogP contribution in [0.25, 0.3) is 0 Å². The summed E-state index contributed by atoms with van der Waals surface area (Å²) in [7, 11) is -3.62. The van der Waals surface area contributed by atoms with Crippen LogP contribution < -0.4 is 9.62 Å². The predicted octanol–water partition coefficient (Wildman–Crippen LogP) is 3.21. The number of hydrogen-bond acceptors (Lipinski definition) is 3. The minimum Gasteiger partial charge on any atom is -0.352 e. The van der Waals surface area contributed by atoms with E-state index in [1.807, 2.05) is 6.07 Å². The summed E-state index contributed by atoms with van der Waals surface area (Å²) in [6, 6.07) is 13.7. The lowest BCUT2D eigenvalue weighted by atomic mass is 10.1. The maximum absolute atomic E-state index is 13.0. The number of rotatable bonds is 6. The fourth-order valence-corrected chi connectivity index (χ4v) is 4.55. The molecule has 2 aromatic carbocycles. The lowest BCUT2D eigenvalue weighted by Gasteiger charge is -2.20. The van der Waals surface area contributed by atoms with Crippen molar-refractivity contribution < 1.29 is 13.2 Å². The van der Waals surface area contributed by atoms with Crippen molar-refractivity contribution in [3.8, 4) is 0 Å². The Kier molecular flexibility index (Phi) is 5.32. The summed E-state index contributed by atoms with van der Waals surface area (Å²) >= 11 is 0. The molecule has 1 heterocycles. The first kappa shape index (κ1) is 18.5. The average molecular weight is 372 g/mol. The molecule has 2 aromatic rings. The van der Waals surface area contributed by atoms with Gasteiger partial charge in [0.15, 0.2) is 0 Å². The molecule has 0 atom stereocenters. The molecule has 0 saturated heterocycles. The second-order valence-electron chi connectivity index (χ2n) is 6.92. The van der Waals surface area contributed by atoms with E-state index in [9.17, 15) is 13.2 Å². The summed E-state index contributed by atoms with van der Waals surface area (Å²) in [5, 5.41) is 2.90. The molecule has 3 rings (SSSR count). The van der Waals surface area contributed by atoms with Gasteiger partial charge in [0.05, 0.1) is 10.6 Å². The van der Waals surface area contributed by atoms with Gasteiger partial charge in [-0.05, 0) is 48.6 Å². The minimum absolute atomic E-state index is 0.169. The van der Waals surface area contributed by atoms with E-state index in [-0.39, 0.29) is 10.8 Å². The van der Waals surface area contributed by atoms with Gasteiger partial charge < -0.3 is 5.32 Å². The lowest BCUT2D eigenvalue weighted by Crippen LogP contribution is -2.29. The van der Waals surface area contributed by atoms with Crippen LogP contribution in [-0.2, 0) is 16.4 Å². The lowest BCUT2D eigenvalue weighted by molar-refractivity contribution is 0.0952. The first-order valence-electron chi connectivity index (χ1n) is 8.88. The van der Waals surface area contributed by atoms with Crippen molar-refractivity contribution in [2.75, 3.05) is 17.4 Å². The molecule has 1 amide bonds. The van der Waals surface area contributed by atoms with Crippen LogP contribution in [0.5, 0.6) is 0 Å². The van der Waals surface area contributed by atoms with Crippen LogP contribution in [-0.4, -0.2) is 27.4 Å². The van der Waals surface area contributed by atoms with Gasteiger partial charge >= 0.3 is 0 Å². The third kappa shape index (κ3) is 3.75. The van der Waals surface area contributed by atoms with Crippen molar-refractivity contribution >= 4 is 21.6 Å². The van der Waals surface area contributed by atoms with Gasteiger partial charge in [-0.1, -0.05) is 38.1 Å². The normalized spacial score (nSPS) is 13.7. The average Bonchev–Trinajstić information content (AvgIpc) is 3.06. The Balaban J connectivity index is 1.85. The Morgan fingerprint density at radius 3 is 2.58 bits per heavy atom. The van der Waals surface area contributed by atoms with Gasteiger partial charge in [0.1, 0.15) is 0 Å². The molecule has 0 saturated carbocycles. The smallest absolute Gasteiger partial charge is 0.264 e. The molecular formula is C20H24N2O3S. The zero-order valence-electron chi connectivity index (χ0n) is 15.1. The van der Waals surface area contributed by atoms with Gasteiger partial charge in [0.25, 0.3) is 15.9 Å². The SMILES string of the molecule is CC(C)CCNC(=O)c1ccc2c(c1)N(S(=O)(=O)c1ccccc1)CC2. The van der Waals surface area contributed by atoms with Gasteiger partial charge in [-0.25, -0.2) is 8.42 Å². The highest BCUT2D eigenvalue weighted by atomic mass is 32.2. The van der Waals surface area contributed by atoms with E-state index in [4.69, 9.17) is 0 Å². The summed E-state index contributed by atoms with van der Waals surface area (Å²) in [6.45, 7) is 5.21. The number of amides is 1. The molecule has 5 nitrogen and oxygen atoms in total. The molecule has 6 heteroatoms. The molecule has 0 unspecified atom stereocenters. The number of anilines is 1. The summed E-state index contributed by atoms with van der Waals surface area (Å²) in [6.07, 6.45) is 1.56. The van der Waals surface area contributed by atoms with Crippen LogP contribution in [0.2, 0.25) is 0 Å². The second kappa shape index (κ2) is 7.50. The van der Waals surface area contributed by atoms with Crippen LogP contribution in [0.3, 0.4) is 0 Å². The highest BCUT2D eigenvalue weighted by molar-refractivity contribution is 7.92. The van der Waals surface area contributed by atoms with Gasteiger partial charge in [-0.15, -0.1) is 0 Å². The number of nitrogens with one attached hydrogen (secondary N) is 1. The zero-order valence-corrected chi connectivity index (χ0v) is 15.9. The minimum atomic E-state index is -3.62. The standard InChI is InChI=1S/C20H24N2O3S/c1-15(2)10-12-21-20(23)17-9-8-16-11-13-22(19(16)14-17)26(24,25)18-6-4-3-5-7-18/h3-9,14-15H,10-13H2,1-2H3,(H,21,23). The number of fused-ring (bicyclic) bond motifs is 1. The Hall–Kier alpha value is -2.34. The van der Waals surface area contributed by atoms with E-state index in [1.165, 1.54) is 4.31 Å². The van der Waals surface area contributed by atoms with E-state index in [0.29, 0.717) is 36.7 Å². The first-order chi connectivity index (χ1) is 12.4. The Morgan fingerprint density at radius 1 is 1.15 bits per heavy atom. The number of carbonyl (C=O) groups excluding carboxylic acids is 1. The van der Waals surface area contributed by atoms with E-state index in [1.54, 1.807) is 42.5 Å². The van der Waals surface area contributed by atoms with Crippen molar-refractivity contribution in [2.45, 2.75) is 31.6 Å². The highest BCUT2D eigenvalue weighted by Gasteiger charge is 2.31. The zero-order chi connectivity index (χ0) is 18.7. The third-order valence-electron chi connectivity index (χ3n) is 4.54. The number of sulfonamides is 1. The molecule has 1 aliphatic heterocycles. The van der Waals surface area contributed by atoms with Crippen molar-refractivity contribution in [2.24, 2.45) is 5.92 Å². The third-order valence-corrected chi connectivity index (χ3v) is 6.37. The number of hydrogen-bond donors (Lipinski definition) is 1. The van der Waals surface area contributed by atoms with Gasteiger partial charge in [-0.2, -0.15) is 0 Å². The van der Waals surface area contributed by atoms with Gasteiger partial charge in [0, 0.05) is 18.7 Å². The van der Waals surface area contributed by atoms with Crippen LogP contribution in [0, 0.1) is 5.92 Å². The number of carbonyl (C=O) groups is 1. The van der Waals surface area contributed by atoms with Crippen molar-refractivity contribution in [3.05, 3.63) is 59.7 Å². The molecule has 138 valence electrons. The summed E-state index contributed by atoms with van der Waals surface area (Å²) in [5.74, 6) is 0.347. The van der Waals surface area contributed by atoms with E-state index in [0.717, 1.165) is 12.0 Å². The fourth-order valence-electron chi connectivity index (χ4n) is 3.04. The van der Waals surface area contributed by atoms with E-state index in [2.05, 4.69) is 19.2 Å². The topological polar surface area (TPSA) is 66.5 Å². The molecular weight excluding hydrogens is 348 g/mol. The van der Waals surface area contributed by atoms with Crippen LogP contribution in [0.1, 0.15) is 36.2 Å². The quantitative estimate of drug-likeness (QED) is 0.847. The summed E-state index contributed by atoms with van der Waals surface area (Å²) in [5.41, 5.74) is 2.04. The van der Waals surface area contributed by atoms with Crippen molar-refractivity contribution in [1.82, 2.24) is 5.32 Å². The molecule has 0 fully saturated rings. The maximum atomic E-state index is 13.0. The second-order valence-corrected chi connectivity index (χ2v) is 8.78. The monoisotopic (exact) mass is 372 g/mol. The maximum Gasteiger partial charge on any atom is 0.264 e. The van der Waals surface area contributed by atoms with Gasteiger partial charge in [-0.3, -0.25) is 9.10 Å². The number of nitrogens with zero attached hydrogens (tertiary/aromatic N) is 1. The molecule has 1 N–H and O–H groups in total. The number of benzene rings is 2. The van der Waals surface area contributed by atoms with Crippen LogP contribution in [0.4, 0.5) is 5.69 Å². The van der Waals surface area contributed by atoms with Gasteiger partial charge in [0.2, 0.25) is 0 Å². The Morgan fingerprint density at radius 2 is 1.88 bits per heavy atom. The predicted molar refractivity (Wildman–Crippen MR) is 103 cm³/mol.